The molecule has 1 N–H and O–H groups in total. The van der Waals surface area contributed by atoms with Crippen LogP contribution in [0.5, 0.6) is 0 Å². The zero-order valence-corrected chi connectivity index (χ0v) is 15.1. The van der Waals surface area contributed by atoms with E-state index >= 15 is 0 Å². The zero-order valence-electron chi connectivity index (χ0n) is 13.0. The summed E-state index contributed by atoms with van der Waals surface area (Å²) in [6, 6.07) is 8.96. The lowest BCUT2D eigenvalue weighted by molar-refractivity contribution is 0.331. The van der Waals surface area contributed by atoms with E-state index in [9.17, 15) is 0 Å². The van der Waals surface area contributed by atoms with Gasteiger partial charge >= 0.3 is 0 Å². The highest BCUT2D eigenvalue weighted by atomic mass is 127. The summed E-state index contributed by atoms with van der Waals surface area (Å²) in [5, 5.41) is 3.66. The Morgan fingerprint density at radius 2 is 1.68 bits per heavy atom. The number of halogens is 1. The number of nitrogens with one attached hydrogen (secondary N) is 1. The highest BCUT2D eigenvalue weighted by Crippen LogP contribution is 2.18. The maximum Gasteiger partial charge on any atom is 0.0130 e. The van der Waals surface area contributed by atoms with Crippen molar-refractivity contribution in [2.75, 3.05) is 6.54 Å². The molecule has 0 heterocycles. The monoisotopic (exact) mass is 373 g/mol. The second-order valence-electron chi connectivity index (χ2n) is 6.96. The van der Waals surface area contributed by atoms with Gasteiger partial charge in [-0.25, -0.2) is 0 Å². The van der Waals surface area contributed by atoms with E-state index in [0.29, 0.717) is 0 Å². The van der Waals surface area contributed by atoms with E-state index in [2.05, 4.69) is 86.8 Å². The van der Waals surface area contributed by atoms with Crippen molar-refractivity contribution in [1.82, 2.24) is 5.32 Å². The van der Waals surface area contributed by atoms with Gasteiger partial charge in [0, 0.05) is 9.11 Å². The van der Waals surface area contributed by atoms with Crippen molar-refractivity contribution >= 4 is 22.6 Å². The molecule has 0 fully saturated rings. The number of benzene rings is 1. The molecule has 1 unspecified atom stereocenters. The molecule has 2 heteroatoms. The highest BCUT2D eigenvalue weighted by Gasteiger charge is 2.16. The summed E-state index contributed by atoms with van der Waals surface area (Å²) in [7, 11) is 0. The third-order valence-corrected chi connectivity index (χ3v) is 3.88. The van der Waals surface area contributed by atoms with Crippen molar-refractivity contribution in [3.63, 3.8) is 0 Å². The summed E-state index contributed by atoms with van der Waals surface area (Å²) in [6.07, 6.45) is 2.47. The van der Waals surface area contributed by atoms with E-state index in [1.165, 1.54) is 22.0 Å². The van der Waals surface area contributed by atoms with Gasteiger partial charge in [-0.05, 0) is 92.3 Å². The van der Waals surface area contributed by atoms with Gasteiger partial charge in [0.15, 0.2) is 0 Å². The van der Waals surface area contributed by atoms with Crippen LogP contribution in [0.3, 0.4) is 0 Å². The van der Waals surface area contributed by atoms with Crippen molar-refractivity contribution < 1.29 is 0 Å². The van der Waals surface area contributed by atoms with Gasteiger partial charge in [0.2, 0.25) is 0 Å². The summed E-state index contributed by atoms with van der Waals surface area (Å²) in [5.74, 6) is 1.48. The first kappa shape index (κ1) is 17.0. The van der Waals surface area contributed by atoms with Crippen molar-refractivity contribution in [2.24, 2.45) is 11.8 Å². The van der Waals surface area contributed by atoms with Gasteiger partial charge in [-0.15, -0.1) is 0 Å². The van der Waals surface area contributed by atoms with Crippen molar-refractivity contribution in [2.45, 2.75) is 53.0 Å². The lowest BCUT2D eigenvalue weighted by Crippen LogP contribution is -2.39. The highest BCUT2D eigenvalue weighted by molar-refractivity contribution is 14.1. The SMILES string of the molecule is CC(C)CC(CNC(C)(C)C)Cc1ccc(I)cc1. The van der Waals surface area contributed by atoms with Crippen LogP contribution in [0.25, 0.3) is 0 Å². The first-order valence-corrected chi connectivity index (χ1v) is 8.33. The molecule has 0 spiro atoms. The molecule has 1 aromatic rings. The average Bonchev–Trinajstić information content (AvgIpc) is 2.27. The first-order valence-electron chi connectivity index (χ1n) is 7.26. The minimum Gasteiger partial charge on any atom is -0.312 e. The molecule has 0 aromatic heterocycles. The van der Waals surface area contributed by atoms with E-state index in [-0.39, 0.29) is 5.54 Å². The summed E-state index contributed by atoms with van der Waals surface area (Å²) in [5.41, 5.74) is 1.67. The fraction of sp³-hybridized carbons (Fsp3) is 0.647. The Labute approximate surface area is 132 Å². The lowest BCUT2D eigenvalue weighted by atomic mass is 9.90. The standard InChI is InChI=1S/C17H28IN/c1-13(2)10-15(12-19-17(3,4)5)11-14-6-8-16(18)9-7-14/h6-9,13,15,19H,10-12H2,1-5H3. The fourth-order valence-electron chi connectivity index (χ4n) is 2.31. The second-order valence-corrected chi connectivity index (χ2v) is 8.20. The molecule has 108 valence electrons. The Morgan fingerprint density at radius 1 is 1.11 bits per heavy atom. The molecule has 0 amide bonds. The molecule has 19 heavy (non-hydrogen) atoms. The smallest absolute Gasteiger partial charge is 0.0130 e. The van der Waals surface area contributed by atoms with E-state index in [0.717, 1.165) is 18.4 Å². The Balaban J connectivity index is 2.60. The third-order valence-electron chi connectivity index (χ3n) is 3.16. The van der Waals surface area contributed by atoms with Gasteiger partial charge in [0.25, 0.3) is 0 Å². The Morgan fingerprint density at radius 3 is 2.16 bits per heavy atom. The number of rotatable bonds is 6. The van der Waals surface area contributed by atoms with E-state index < -0.39 is 0 Å². The zero-order chi connectivity index (χ0) is 14.5. The summed E-state index contributed by atoms with van der Waals surface area (Å²) in [6.45, 7) is 12.5. The van der Waals surface area contributed by atoms with Crippen LogP contribution >= 0.6 is 22.6 Å². The molecule has 0 saturated carbocycles. The van der Waals surface area contributed by atoms with Crippen LogP contribution in [0.2, 0.25) is 0 Å². The van der Waals surface area contributed by atoms with Gasteiger partial charge in [-0.3, -0.25) is 0 Å². The predicted molar refractivity (Wildman–Crippen MR) is 93.6 cm³/mol. The maximum absolute atomic E-state index is 3.66. The molecule has 1 rings (SSSR count). The van der Waals surface area contributed by atoms with Crippen molar-refractivity contribution in [3.8, 4) is 0 Å². The van der Waals surface area contributed by atoms with E-state index in [4.69, 9.17) is 0 Å². The Hall–Kier alpha value is -0.0900. The van der Waals surface area contributed by atoms with Crippen LogP contribution in [0.4, 0.5) is 0 Å². The Kier molecular flexibility index (Phi) is 6.81. The lowest BCUT2D eigenvalue weighted by Gasteiger charge is -2.26. The molecule has 0 saturated heterocycles. The topological polar surface area (TPSA) is 12.0 Å². The Bertz CT molecular complexity index is 362. The summed E-state index contributed by atoms with van der Waals surface area (Å²) < 4.78 is 1.31. The van der Waals surface area contributed by atoms with Gasteiger partial charge in [0.05, 0.1) is 0 Å². The van der Waals surface area contributed by atoms with Crippen LogP contribution in [-0.2, 0) is 6.42 Å². The molecular formula is C17H28IN. The molecule has 1 nitrogen and oxygen atoms in total. The largest absolute Gasteiger partial charge is 0.312 e. The first-order chi connectivity index (χ1) is 8.76. The fourth-order valence-corrected chi connectivity index (χ4v) is 2.67. The minimum atomic E-state index is 0.210. The third kappa shape index (κ3) is 7.93. The molecule has 0 radical (unpaired) electrons. The van der Waals surface area contributed by atoms with Crippen LogP contribution in [0.15, 0.2) is 24.3 Å². The molecule has 0 aliphatic carbocycles. The number of hydrogen-bond acceptors (Lipinski definition) is 1. The van der Waals surface area contributed by atoms with Crippen LogP contribution in [0, 0.1) is 15.4 Å². The molecule has 0 bridgehead atoms. The second kappa shape index (κ2) is 7.63. The van der Waals surface area contributed by atoms with Crippen LogP contribution in [-0.4, -0.2) is 12.1 Å². The summed E-state index contributed by atoms with van der Waals surface area (Å²) >= 11 is 2.36. The molecule has 1 atom stereocenters. The van der Waals surface area contributed by atoms with Crippen LogP contribution in [0.1, 0.15) is 46.6 Å². The van der Waals surface area contributed by atoms with Gasteiger partial charge in [-0.2, -0.15) is 0 Å². The van der Waals surface area contributed by atoms with Gasteiger partial charge in [-0.1, -0.05) is 26.0 Å². The number of hydrogen-bond donors (Lipinski definition) is 1. The molecule has 0 aliphatic rings. The quantitative estimate of drug-likeness (QED) is 0.701. The average molecular weight is 373 g/mol. The molecule has 0 aliphatic heterocycles. The van der Waals surface area contributed by atoms with Gasteiger partial charge < -0.3 is 5.32 Å². The maximum atomic E-state index is 3.66. The van der Waals surface area contributed by atoms with E-state index in [1.54, 1.807) is 0 Å². The minimum absolute atomic E-state index is 0.210. The summed E-state index contributed by atoms with van der Waals surface area (Å²) in [4.78, 5) is 0. The van der Waals surface area contributed by atoms with E-state index in [1.807, 2.05) is 0 Å². The predicted octanol–water partition coefficient (Wildman–Crippen LogP) is 4.88. The molecule has 1 aromatic carbocycles. The van der Waals surface area contributed by atoms with Gasteiger partial charge in [0.1, 0.15) is 0 Å². The molecular weight excluding hydrogens is 345 g/mol. The normalized spacial score (nSPS) is 13.8. The van der Waals surface area contributed by atoms with Crippen molar-refractivity contribution in [3.05, 3.63) is 33.4 Å². The van der Waals surface area contributed by atoms with Crippen LogP contribution < -0.4 is 5.32 Å². The van der Waals surface area contributed by atoms with Crippen molar-refractivity contribution in [1.29, 1.82) is 0 Å².